The monoisotopic (exact) mass is 320 g/mol. The van der Waals surface area contributed by atoms with E-state index in [-0.39, 0.29) is 6.07 Å². The molecular formula is C13H8F4O3S. The Morgan fingerprint density at radius 1 is 0.905 bits per heavy atom. The SMILES string of the molecule is Cc1ccc(S(=O)(=O)Oc2c(F)c(F)cc(F)c2F)cc1. The van der Waals surface area contributed by atoms with Crippen molar-refractivity contribution >= 4 is 10.1 Å². The van der Waals surface area contributed by atoms with Gasteiger partial charge in [-0.15, -0.1) is 0 Å². The number of benzene rings is 2. The van der Waals surface area contributed by atoms with Crippen molar-refractivity contribution in [1.29, 1.82) is 0 Å². The van der Waals surface area contributed by atoms with Crippen LogP contribution in [0.3, 0.4) is 0 Å². The molecule has 21 heavy (non-hydrogen) atoms. The Kier molecular flexibility index (Phi) is 3.91. The summed E-state index contributed by atoms with van der Waals surface area (Å²) in [7, 11) is -4.62. The van der Waals surface area contributed by atoms with E-state index in [4.69, 9.17) is 0 Å². The minimum atomic E-state index is -4.62. The molecule has 0 heterocycles. The molecule has 3 nitrogen and oxygen atoms in total. The van der Waals surface area contributed by atoms with Crippen LogP contribution in [-0.2, 0) is 10.1 Å². The van der Waals surface area contributed by atoms with E-state index < -0.39 is 44.0 Å². The van der Waals surface area contributed by atoms with Crippen molar-refractivity contribution in [3.63, 3.8) is 0 Å². The van der Waals surface area contributed by atoms with E-state index in [0.717, 1.165) is 17.7 Å². The van der Waals surface area contributed by atoms with Crippen LogP contribution < -0.4 is 4.18 Å². The zero-order valence-electron chi connectivity index (χ0n) is 10.5. The highest BCUT2D eigenvalue weighted by atomic mass is 32.2. The minimum absolute atomic E-state index is 0.0456. The van der Waals surface area contributed by atoms with E-state index in [1.54, 1.807) is 6.92 Å². The summed E-state index contributed by atoms with van der Waals surface area (Å²) in [5.41, 5.74) is 0.739. The van der Waals surface area contributed by atoms with Crippen LogP contribution in [0.25, 0.3) is 0 Å². The first kappa shape index (κ1) is 15.3. The Bertz CT molecular complexity index is 760. The highest BCUT2D eigenvalue weighted by molar-refractivity contribution is 7.87. The molecule has 0 atom stereocenters. The number of rotatable bonds is 3. The second kappa shape index (κ2) is 5.36. The predicted octanol–water partition coefficient (Wildman–Crippen LogP) is 3.32. The molecule has 0 spiro atoms. The number of aryl methyl sites for hydroxylation is 1. The summed E-state index contributed by atoms with van der Waals surface area (Å²) in [5, 5.41) is 0. The van der Waals surface area contributed by atoms with Crippen molar-refractivity contribution in [2.45, 2.75) is 11.8 Å². The summed E-state index contributed by atoms with van der Waals surface area (Å²) in [6.45, 7) is 1.69. The molecule has 8 heteroatoms. The maximum absolute atomic E-state index is 13.4. The quantitative estimate of drug-likeness (QED) is 0.495. The Balaban J connectivity index is 2.49. The average Bonchev–Trinajstić information content (AvgIpc) is 2.42. The van der Waals surface area contributed by atoms with Crippen molar-refractivity contribution in [2.24, 2.45) is 0 Å². The van der Waals surface area contributed by atoms with Crippen LogP contribution in [0.5, 0.6) is 5.75 Å². The average molecular weight is 320 g/mol. The van der Waals surface area contributed by atoms with Crippen LogP contribution in [0.15, 0.2) is 35.2 Å². The molecule has 0 saturated carbocycles. The predicted molar refractivity (Wildman–Crippen MR) is 65.3 cm³/mol. The van der Waals surface area contributed by atoms with Gasteiger partial charge < -0.3 is 4.18 Å². The molecule has 2 aromatic rings. The molecule has 2 rings (SSSR count). The summed E-state index contributed by atoms with van der Waals surface area (Å²) in [6, 6.07) is 5.08. The number of hydrogen-bond donors (Lipinski definition) is 0. The van der Waals surface area contributed by atoms with Crippen molar-refractivity contribution in [3.8, 4) is 5.75 Å². The Morgan fingerprint density at radius 2 is 1.38 bits per heavy atom. The number of hydrogen-bond acceptors (Lipinski definition) is 3. The zero-order chi connectivity index (χ0) is 15.8. The van der Waals surface area contributed by atoms with Crippen LogP contribution in [0.1, 0.15) is 5.56 Å². The van der Waals surface area contributed by atoms with Gasteiger partial charge in [-0.2, -0.15) is 17.2 Å². The summed E-state index contributed by atoms with van der Waals surface area (Å²) >= 11 is 0. The van der Waals surface area contributed by atoms with Crippen LogP contribution >= 0.6 is 0 Å². The molecule has 0 radical (unpaired) electrons. The maximum atomic E-state index is 13.4. The largest absolute Gasteiger partial charge is 0.372 e. The fourth-order valence-electron chi connectivity index (χ4n) is 1.49. The number of halogens is 4. The standard InChI is InChI=1S/C13H8F4O3S/c1-7-2-4-8(5-3-7)21(18,19)20-13-11(16)9(14)6-10(15)12(13)17/h2-6H,1H3. The van der Waals surface area contributed by atoms with Gasteiger partial charge in [-0.25, -0.2) is 8.78 Å². The summed E-state index contributed by atoms with van der Waals surface area (Å²) in [5.74, 6) is -9.02. The van der Waals surface area contributed by atoms with Gasteiger partial charge in [0.05, 0.1) is 0 Å². The highest BCUT2D eigenvalue weighted by Gasteiger charge is 2.26. The fraction of sp³-hybridized carbons (Fsp3) is 0.0769. The third-order valence-electron chi connectivity index (χ3n) is 2.57. The van der Waals surface area contributed by atoms with Gasteiger partial charge in [-0.05, 0) is 19.1 Å². The van der Waals surface area contributed by atoms with E-state index in [1.165, 1.54) is 12.1 Å². The van der Waals surface area contributed by atoms with Crippen molar-refractivity contribution in [2.75, 3.05) is 0 Å². The van der Waals surface area contributed by atoms with Gasteiger partial charge in [0.15, 0.2) is 11.6 Å². The van der Waals surface area contributed by atoms with E-state index in [0.29, 0.717) is 0 Å². The third kappa shape index (κ3) is 2.99. The third-order valence-corrected chi connectivity index (χ3v) is 3.81. The minimum Gasteiger partial charge on any atom is -0.372 e. The molecule has 112 valence electrons. The molecule has 0 N–H and O–H groups in total. The Labute approximate surface area is 117 Å². The first-order valence-electron chi connectivity index (χ1n) is 5.56. The normalized spacial score (nSPS) is 11.5. The second-order valence-electron chi connectivity index (χ2n) is 4.15. The molecule has 0 fully saturated rings. The molecule has 0 amide bonds. The van der Waals surface area contributed by atoms with Gasteiger partial charge in [0.2, 0.25) is 17.4 Å². The zero-order valence-corrected chi connectivity index (χ0v) is 11.3. The smallest absolute Gasteiger partial charge is 0.339 e. The molecule has 0 aliphatic carbocycles. The summed E-state index contributed by atoms with van der Waals surface area (Å²) < 4.78 is 80.6. The molecule has 0 aliphatic heterocycles. The van der Waals surface area contributed by atoms with Crippen LogP contribution in [-0.4, -0.2) is 8.42 Å². The van der Waals surface area contributed by atoms with Crippen molar-refractivity contribution in [1.82, 2.24) is 0 Å². The lowest BCUT2D eigenvalue weighted by Gasteiger charge is -2.09. The van der Waals surface area contributed by atoms with Crippen LogP contribution in [0.2, 0.25) is 0 Å². The van der Waals surface area contributed by atoms with E-state index in [9.17, 15) is 26.0 Å². The first-order valence-corrected chi connectivity index (χ1v) is 6.97. The van der Waals surface area contributed by atoms with E-state index in [1.807, 2.05) is 0 Å². The van der Waals surface area contributed by atoms with Crippen LogP contribution in [0.4, 0.5) is 17.6 Å². The molecule has 0 aliphatic rings. The first-order chi connectivity index (χ1) is 9.72. The lowest BCUT2D eigenvalue weighted by atomic mass is 10.2. The van der Waals surface area contributed by atoms with Gasteiger partial charge >= 0.3 is 10.1 Å². The lowest BCUT2D eigenvalue weighted by Crippen LogP contribution is -2.13. The Morgan fingerprint density at radius 3 is 1.86 bits per heavy atom. The summed E-state index contributed by atoms with van der Waals surface area (Å²) in [6.07, 6.45) is 0. The van der Waals surface area contributed by atoms with Crippen molar-refractivity contribution < 1.29 is 30.2 Å². The molecule has 0 unspecified atom stereocenters. The fourth-order valence-corrected chi connectivity index (χ4v) is 2.42. The van der Waals surface area contributed by atoms with Crippen LogP contribution in [0, 0.1) is 30.2 Å². The van der Waals surface area contributed by atoms with Gasteiger partial charge in [-0.3, -0.25) is 0 Å². The van der Waals surface area contributed by atoms with E-state index in [2.05, 4.69) is 4.18 Å². The van der Waals surface area contributed by atoms with Crippen molar-refractivity contribution in [3.05, 3.63) is 59.2 Å². The molecule has 2 aromatic carbocycles. The molecular weight excluding hydrogens is 312 g/mol. The molecule has 0 aromatic heterocycles. The molecule has 0 saturated heterocycles. The summed E-state index contributed by atoms with van der Waals surface area (Å²) in [4.78, 5) is -0.406. The second-order valence-corrected chi connectivity index (χ2v) is 5.69. The molecule has 0 bridgehead atoms. The maximum Gasteiger partial charge on any atom is 0.339 e. The van der Waals surface area contributed by atoms with E-state index >= 15 is 0 Å². The van der Waals surface area contributed by atoms with Gasteiger partial charge in [0, 0.05) is 6.07 Å². The van der Waals surface area contributed by atoms with Gasteiger partial charge in [0.25, 0.3) is 0 Å². The lowest BCUT2D eigenvalue weighted by molar-refractivity contribution is 0.388. The Hall–Kier alpha value is -2.09. The highest BCUT2D eigenvalue weighted by Crippen LogP contribution is 2.29. The van der Waals surface area contributed by atoms with Gasteiger partial charge in [-0.1, -0.05) is 17.7 Å². The topological polar surface area (TPSA) is 43.4 Å². The van der Waals surface area contributed by atoms with Gasteiger partial charge in [0.1, 0.15) is 4.90 Å².